The van der Waals surface area contributed by atoms with Gasteiger partial charge in [-0.15, -0.1) is 0 Å². The monoisotopic (exact) mass is 215 g/mol. The fourth-order valence-corrected chi connectivity index (χ4v) is 2.82. The van der Waals surface area contributed by atoms with Gasteiger partial charge in [-0.05, 0) is 12.8 Å². The lowest BCUT2D eigenvalue weighted by atomic mass is 9.90. The molecular formula is C11H21NO3. The van der Waals surface area contributed by atoms with Gasteiger partial charge in [0.25, 0.3) is 0 Å². The molecular weight excluding hydrogens is 194 g/mol. The maximum atomic E-state index is 9.54. The van der Waals surface area contributed by atoms with Crippen molar-refractivity contribution in [1.82, 2.24) is 4.90 Å². The van der Waals surface area contributed by atoms with E-state index in [4.69, 9.17) is 9.47 Å². The van der Waals surface area contributed by atoms with Crippen molar-refractivity contribution in [2.45, 2.75) is 37.0 Å². The Morgan fingerprint density at radius 3 is 2.07 bits per heavy atom. The molecule has 1 heterocycles. The molecule has 2 rings (SSSR count). The molecule has 0 atom stereocenters. The maximum absolute atomic E-state index is 9.54. The van der Waals surface area contributed by atoms with Crippen LogP contribution >= 0.6 is 0 Å². The van der Waals surface area contributed by atoms with Crippen LogP contribution in [0.1, 0.15) is 25.7 Å². The van der Waals surface area contributed by atoms with Crippen molar-refractivity contribution < 1.29 is 14.6 Å². The van der Waals surface area contributed by atoms with Crippen molar-refractivity contribution in [1.29, 1.82) is 0 Å². The number of ether oxygens (including phenoxy) is 2. The second-order valence-corrected chi connectivity index (χ2v) is 4.76. The number of hydrogen-bond acceptors (Lipinski definition) is 4. The molecule has 0 bridgehead atoms. The second kappa shape index (κ2) is 4.01. The van der Waals surface area contributed by atoms with Crippen molar-refractivity contribution >= 4 is 0 Å². The third kappa shape index (κ3) is 1.69. The molecule has 0 aromatic rings. The third-order valence-corrected chi connectivity index (χ3v) is 4.11. The standard InChI is InChI=1S/C11H21NO3/c1-14-11(15-2)7-12(8-11)10(9-13)5-3-4-6-10/h13H,3-9H2,1-2H3. The highest BCUT2D eigenvalue weighted by atomic mass is 16.7. The highest BCUT2D eigenvalue weighted by molar-refractivity contribution is 5.03. The van der Waals surface area contributed by atoms with Gasteiger partial charge in [-0.25, -0.2) is 0 Å². The van der Waals surface area contributed by atoms with Crippen molar-refractivity contribution in [3.05, 3.63) is 0 Å². The van der Waals surface area contributed by atoms with Gasteiger partial charge in [0.15, 0.2) is 5.79 Å². The van der Waals surface area contributed by atoms with Gasteiger partial charge in [-0.2, -0.15) is 0 Å². The third-order valence-electron chi connectivity index (χ3n) is 4.11. The maximum Gasteiger partial charge on any atom is 0.193 e. The summed E-state index contributed by atoms with van der Waals surface area (Å²) in [5, 5.41) is 9.54. The van der Waals surface area contributed by atoms with Crippen LogP contribution in [0.15, 0.2) is 0 Å². The Bertz CT molecular complexity index is 214. The van der Waals surface area contributed by atoms with E-state index < -0.39 is 5.79 Å². The van der Waals surface area contributed by atoms with E-state index in [-0.39, 0.29) is 12.1 Å². The Kier molecular flexibility index (Phi) is 3.03. The first-order chi connectivity index (χ1) is 7.20. The summed E-state index contributed by atoms with van der Waals surface area (Å²) in [5.41, 5.74) is 0.0144. The summed E-state index contributed by atoms with van der Waals surface area (Å²) in [5.74, 6) is -0.426. The summed E-state index contributed by atoms with van der Waals surface area (Å²) in [4.78, 5) is 2.31. The number of aliphatic hydroxyl groups is 1. The highest BCUT2D eigenvalue weighted by Gasteiger charge is 2.53. The number of methoxy groups -OCH3 is 2. The van der Waals surface area contributed by atoms with E-state index in [1.165, 1.54) is 12.8 Å². The van der Waals surface area contributed by atoms with Gasteiger partial charge < -0.3 is 14.6 Å². The van der Waals surface area contributed by atoms with Gasteiger partial charge in [-0.3, -0.25) is 4.90 Å². The van der Waals surface area contributed by atoms with Crippen molar-refractivity contribution in [3.63, 3.8) is 0 Å². The summed E-state index contributed by atoms with van der Waals surface area (Å²) < 4.78 is 10.7. The number of aliphatic hydroxyl groups excluding tert-OH is 1. The minimum Gasteiger partial charge on any atom is -0.394 e. The SMILES string of the molecule is COC1(OC)CN(C2(CO)CCCC2)C1. The lowest BCUT2D eigenvalue weighted by molar-refractivity contribution is -0.294. The minimum atomic E-state index is -0.426. The predicted molar refractivity (Wildman–Crippen MR) is 56.6 cm³/mol. The highest BCUT2D eigenvalue weighted by Crippen LogP contribution is 2.41. The van der Waals surface area contributed by atoms with Gasteiger partial charge in [0, 0.05) is 19.8 Å². The van der Waals surface area contributed by atoms with E-state index in [1.54, 1.807) is 14.2 Å². The first-order valence-corrected chi connectivity index (χ1v) is 5.66. The molecule has 2 fully saturated rings. The van der Waals surface area contributed by atoms with E-state index in [2.05, 4.69) is 4.90 Å². The molecule has 0 spiro atoms. The Balaban J connectivity index is 1.97. The topological polar surface area (TPSA) is 41.9 Å². The van der Waals surface area contributed by atoms with Gasteiger partial charge in [0.2, 0.25) is 0 Å². The second-order valence-electron chi connectivity index (χ2n) is 4.76. The van der Waals surface area contributed by atoms with Crippen LogP contribution in [-0.4, -0.2) is 55.2 Å². The largest absolute Gasteiger partial charge is 0.394 e. The lowest BCUT2D eigenvalue weighted by Crippen LogP contribution is -2.70. The number of rotatable bonds is 4. The summed E-state index contributed by atoms with van der Waals surface area (Å²) in [6.07, 6.45) is 4.66. The number of hydrogen-bond donors (Lipinski definition) is 1. The molecule has 1 saturated carbocycles. The number of likely N-dealkylation sites (tertiary alicyclic amines) is 1. The van der Waals surface area contributed by atoms with Crippen LogP contribution in [0.4, 0.5) is 0 Å². The average molecular weight is 215 g/mol. The molecule has 1 saturated heterocycles. The van der Waals surface area contributed by atoms with E-state index >= 15 is 0 Å². The van der Waals surface area contributed by atoms with Crippen molar-refractivity contribution in [3.8, 4) is 0 Å². The predicted octanol–water partition coefficient (Wildman–Crippen LogP) is 0.596. The zero-order valence-electron chi connectivity index (χ0n) is 9.66. The molecule has 0 aromatic heterocycles. The van der Waals surface area contributed by atoms with Crippen LogP contribution < -0.4 is 0 Å². The molecule has 88 valence electrons. The molecule has 4 nitrogen and oxygen atoms in total. The quantitative estimate of drug-likeness (QED) is 0.697. The fourth-order valence-electron chi connectivity index (χ4n) is 2.82. The molecule has 2 aliphatic rings. The van der Waals surface area contributed by atoms with Gasteiger partial charge in [0.05, 0.1) is 19.7 Å². The lowest BCUT2D eigenvalue weighted by Gasteiger charge is -2.55. The minimum absolute atomic E-state index is 0.0144. The van der Waals surface area contributed by atoms with E-state index in [0.717, 1.165) is 25.9 Å². The van der Waals surface area contributed by atoms with Crippen LogP contribution in [0, 0.1) is 0 Å². The molecule has 0 unspecified atom stereocenters. The molecule has 0 aromatic carbocycles. The zero-order chi connectivity index (χ0) is 10.9. The van der Waals surface area contributed by atoms with Crippen LogP contribution in [0.5, 0.6) is 0 Å². The Hall–Kier alpha value is -0.160. The summed E-state index contributed by atoms with van der Waals surface area (Å²) in [6.45, 7) is 1.82. The van der Waals surface area contributed by atoms with Crippen molar-refractivity contribution in [2.24, 2.45) is 0 Å². The van der Waals surface area contributed by atoms with E-state index in [9.17, 15) is 5.11 Å². The fraction of sp³-hybridized carbons (Fsp3) is 1.00. The molecule has 0 radical (unpaired) electrons. The zero-order valence-corrected chi connectivity index (χ0v) is 9.66. The molecule has 15 heavy (non-hydrogen) atoms. The summed E-state index contributed by atoms with van der Waals surface area (Å²) in [7, 11) is 3.36. The van der Waals surface area contributed by atoms with Crippen LogP contribution in [0.2, 0.25) is 0 Å². The molecule has 1 N–H and O–H groups in total. The van der Waals surface area contributed by atoms with Crippen molar-refractivity contribution in [2.75, 3.05) is 33.9 Å². The Labute approximate surface area is 91.2 Å². The Morgan fingerprint density at radius 2 is 1.67 bits per heavy atom. The molecule has 1 aliphatic heterocycles. The first-order valence-electron chi connectivity index (χ1n) is 5.66. The molecule has 0 amide bonds. The van der Waals surface area contributed by atoms with Gasteiger partial charge in [-0.1, -0.05) is 12.8 Å². The smallest absolute Gasteiger partial charge is 0.193 e. The number of nitrogens with zero attached hydrogens (tertiary/aromatic N) is 1. The van der Waals surface area contributed by atoms with Gasteiger partial charge in [0.1, 0.15) is 0 Å². The first kappa shape index (κ1) is 11.3. The van der Waals surface area contributed by atoms with E-state index in [1.807, 2.05) is 0 Å². The summed E-state index contributed by atoms with van der Waals surface area (Å²) >= 11 is 0. The van der Waals surface area contributed by atoms with Crippen LogP contribution in [0.3, 0.4) is 0 Å². The van der Waals surface area contributed by atoms with Crippen LogP contribution in [-0.2, 0) is 9.47 Å². The van der Waals surface area contributed by atoms with Gasteiger partial charge >= 0.3 is 0 Å². The van der Waals surface area contributed by atoms with Crippen LogP contribution in [0.25, 0.3) is 0 Å². The Morgan fingerprint density at radius 1 is 1.13 bits per heavy atom. The molecule has 1 aliphatic carbocycles. The van der Waals surface area contributed by atoms with E-state index in [0.29, 0.717) is 0 Å². The molecule has 4 heteroatoms. The summed E-state index contributed by atoms with van der Waals surface area (Å²) in [6, 6.07) is 0. The average Bonchev–Trinajstić information content (AvgIpc) is 2.68. The normalized spacial score (nSPS) is 29.0.